The van der Waals surface area contributed by atoms with Crippen LogP contribution in [0.5, 0.6) is 0 Å². The van der Waals surface area contributed by atoms with Crippen molar-refractivity contribution in [1.82, 2.24) is 0 Å². The second-order valence-electron chi connectivity index (χ2n) is 3.25. The Balaban J connectivity index is 0.000000203. The van der Waals surface area contributed by atoms with Gasteiger partial charge in [-0.05, 0) is 28.1 Å². The molecule has 0 N–H and O–H groups in total. The fraction of sp³-hybridized carbons (Fsp3) is 0.100. The van der Waals surface area contributed by atoms with E-state index >= 15 is 0 Å². The summed E-state index contributed by atoms with van der Waals surface area (Å²) >= 11 is 3.48. The number of hydrogen-bond donors (Lipinski definition) is 0. The number of nitrogens with zero attached hydrogens (tertiary/aromatic N) is 1. The summed E-state index contributed by atoms with van der Waals surface area (Å²) in [6.45, 7) is 0. The van der Waals surface area contributed by atoms with Gasteiger partial charge in [0.1, 0.15) is 0 Å². The van der Waals surface area contributed by atoms with Crippen LogP contribution in [0, 0.1) is 0 Å². The Morgan fingerprint density at radius 2 is 1.63 bits per heavy atom. The average molecular weight is 358 g/mol. The highest BCUT2D eigenvalue weighted by Crippen LogP contribution is 2.20. The summed E-state index contributed by atoms with van der Waals surface area (Å²) in [6.07, 6.45) is 4.06. The Hall–Kier alpha value is -1.19. The lowest BCUT2D eigenvalue weighted by Crippen LogP contribution is -2.21. The lowest BCUT2D eigenvalue weighted by molar-refractivity contribution is -0.512. The molecule has 0 spiro atoms. The molecule has 2 rings (SSSR count). The van der Waals surface area contributed by atoms with Crippen molar-refractivity contribution >= 4 is 31.6 Å². The Kier molecular flexibility index (Phi) is 4.88. The van der Waals surface area contributed by atoms with E-state index in [9.17, 15) is 13.2 Å². The summed E-state index contributed by atoms with van der Waals surface area (Å²) in [5.41, 5.74) is -4.46. The van der Waals surface area contributed by atoms with Crippen LogP contribution in [-0.2, 0) is 10.1 Å². The maximum atomic E-state index is 10.7. The molecular weight excluding hydrogens is 351 g/mol. The van der Waals surface area contributed by atoms with Gasteiger partial charge in [0, 0.05) is 18.2 Å². The molecule has 0 unspecified atom stereocenters. The van der Waals surface area contributed by atoms with Gasteiger partial charge < -0.3 is 4.55 Å². The van der Waals surface area contributed by atoms with Crippen molar-refractivity contribution in [3.63, 3.8) is 0 Å². The molecule has 104 valence electrons. The second-order valence-corrected chi connectivity index (χ2v) is 5.47. The van der Waals surface area contributed by atoms with Crippen LogP contribution in [0.2, 0.25) is 0 Å². The van der Waals surface area contributed by atoms with Gasteiger partial charge in [-0.2, -0.15) is 17.6 Å². The number of alkyl halides is 3. The largest absolute Gasteiger partial charge is 0.741 e. The Labute approximate surface area is 115 Å². The number of hydrogen-bond acceptors (Lipinski definition) is 3. The van der Waals surface area contributed by atoms with E-state index in [1.54, 1.807) is 0 Å². The van der Waals surface area contributed by atoms with Crippen molar-refractivity contribution in [3.05, 3.63) is 47.2 Å². The zero-order valence-corrected chi connectivity index (χ0v) is 11.5. The minimum absolute atomic E-state index is 1.13. The SMILES string of the molecule is Brc1ccc[n+]2ccccc12.O=S(=O)([O-])C(F)(F)F. The third-order valence-electron chi connectivity index (χ3n) is 1.91. The fourth-order valence-corrected chi connectivity index (χ4v) is 1.58. The maximum Gasteiger partial charge on any atom is 0.485 e. The van der Waals surface area contributed by atoms with E-state index in [2.05, 4.69) is 26.4 Å². The van der Waals surface area contributed by atoms with Crippen LogP contribution in [0.15, 0.2) is 47.2 Å². The van der Waals surface area contributed by atoms with E-state index in [-0.39, 0.29) is 0 Å². The Bertz CT molecular complexity index is 668. The average Bonchev–Trinajstić information content (AvgIpc) is 2.28. The van der Waals surface area contributed by atoms with Crippen molar-refractivity contribution in [3.8, 4) is 0 Å². The minimum Gasteiger partial charge on any atom is -0.741 e. The third kappa shape index (κ3) is 4.44. The molecule has 0 aromatic carbocycles. The standard InChI is InChI=1S/C9H7BrN.CHF3O3S/c10-8-4-3-7-11-6-2-1-5-9(8)11;2-1(3,4)8(5,6)7/h1-7H;(H,5,6,7)/q+1;/p-1. The zero-order valence-electron chi connectivity index (χ0n) is 9.13. The van der Waals surface area contributed by atoms with E-state index in [0.29, 0.717) is 0 Å². The fourth-order valence-electron chi connectivity index (χ4n) is 1.09. The van der Waals surface area contributed by atoms with Gasteiger partial charge in [0.05, 0.1) is 4.47 Å². The maximum absolute atomic E-state index is 10.7. The summed E-state index contributed by atoms with van der Waals surface area (Å²) in [6, 6.07) is 10.2. The molecule has 2 aromatic heterocycles. The molecule has 2 aromatic rings. The first-order valence-corrected chi connectivity index (χ1v) is 6.90. The molecule has 0 saturated heterocycles. The van der Waals surface area contributed by atoms with Gasteiger partial charge in [0.25, 0.3) is 0 Å². The van der Waals surface area contributed by atoms with Gasteiger partial charge >= 0.3 is 5.51 Å². The molecule has 9 heteroatoms. The molecule has 0 saturated carbocycles. The van der Waals surface area contributed by atoms with E-state index in [4.69, 9.17) is 13.0 Å². The molecule has 0 atom stereocenters. The van der Waals surface area contributed by atoms with Crippen LogP contribution in [0.4, 0.5) is 13.2 Å². The van der Waals surface area contributed by atoms with E-state index in [0.717, 1.165) is 4.47 Å². The minimum atomic E-state index is -6.09. The van der Waals surface area contributed by atoms with Crippen molar-refractivity contribution in [1.29, 1.82) is 0 Å². The van der Waals surface area contributed by atoms with E-state index in [1.807, 2.05) is 36.7 Å². The van der Waals surface area contributed by atoms with Crippen molar-refractivity contribution in [2.45, 2.75) is 5.51 Å². The number of halogens is 4. The summed E-state index contributed by atoms with van der Waals surface area (Å²) in [5.74, 6) is 0. The summed E-state index contributed by atoms with van der Waals surface area (Å²) in [5, 5.41) is 0. The molecular formula is C10H7BrF3NO3S. The van der Waals surface area contributed by atoms with E-state index < -0.39 is 15.6 Å². The normalized spacial score (nSPS) is 11.8. The first kappa shape index (κ1) is 15.9. The monoisotopic (exact) mass is 357 g/mol. The molecule has 0 bridgehead atoms. The van der Waals surface area contributed by atoms with Gasteiger partial charge in [-0.15, -0.1) is 0 Å². The summed E-state index contributed by atoms with van der Waals surface area (Å²) in [4.78, 5) is 0. The molecule has 4 nitrogen and oxygen atoms in total. The highest BCUT2D eigenvalue weighted by molar-refractivity contribution is 9.10. The molecule has 0 aliphatic heterocycles. The van der Waals surface area contributed by atoms with Crippen molar-refractivity contribution < 1.29 is 30.5 Å². The van der Waals surface area contributed by atoms with Crippen LogP contribution in [-0.4, -0.2) is 18.5 Å². The van der Waals surface area contributed by atoms with Gasteiger partial charge in [0.15, 0.2) is 22.5 Å². The van der Waals surface area contributed by atoms with Crippen LogP contribution >= 0.6 is 15.9 Å². The van der Waals surface area contributed by atoms with Gasteiger partial charge in [-0.3, -0.25) is 0 Å². The molecule has 0 aliphatic carbocycles. The van der Waals surface area contributed by atoms with Crippen LogP contribution < -0.4 is 4.40 Å². The quantitative estimate of drug-likeness (QED) is 0.412. The lowest BCUT2D eigenvalue weighted by atomic mass is 10.3. The summed E-state index contributed by atoms with van der Waals surface area (Å²) < 4.78 is 62.1. The molecule has 0 radical (unpaired) electrons. The zero-order chi connectivity index (χ0) is 14.7. The van der Waals surface area contributed by atoms with Crippen LogP contribution in [0.3, 0.4) is 0 Å². The van der Waals surface area contributed by atoms with Gasteiger partial charge in [-0.25, -0.2) is 8.42 Å². The predicted octanol–water partition coefficient (Wildman–Crippen LogP) is 2.24. The van der Waals surface area contributed by atoms with Gasteiger partial charge in [0.2, 0.25) is 5.52 Å². The van der Waals surface area contributed by atoms with Crippen LogP contribution in [0.25, 0.3) is 5.52 Å². The molecule has 19 heavy (non-hydrogen) atoms. The predicted molar refractivity (Wildman–Crippen MR) is 63.1 cm³/mol. The van der Waals surface area contributed by atoms with Crippen molar-refractivity contribution in [2.24, 2.45) is 0 Å². The smallest absolute Gasteiger partial charge is 0.485 e. The number of aromatic nitrogens is 1. The van der Waals surface area contributed by atoms with E-state index in [1.165, 1.54) is 5.52 Å². The molecule has 2 heterocycles. The number of rotatable bonds is 0. The third-order valence-corrected chi connectivity index (χ3v) is 3.14. The Morgan fingerprint density at radius 1 is 1.11 bits per heavy atom. The first-order chi connectivity index (χ1) is 8.63. The topological polar surface area (TPSA) is 61.3 Å². The molecule has 0 amide bonds. The van der Waals surface area contributed by atoms with Crippen LogP contribution in [0.1, 0.15) is 0 Å². The highest BCUT2D eigenvalue weighted by Gasteiger charge is 2.36. The lowest BCUT2D eigenvalue weighted by Gasteiger charge is -2.08. The molecule has 0 aliphatic rings. The number of pyridine rings is 2. The highest BCUT2D eigenvalue weighted by atomic mass is 79.9. The Morgan fingerprint density at radius 3 is 2.11 bits per heavy atom. The van der Waals surface area contributed by atoms with Gasteiger partial charge in [-0.1, -0.05) is 0 Å². The summed E-state index contributed by atoms with van der Waals surface area (Å²) in [7, 11) is -6.09. The first-order valence-electron chi connectivity index (χ1n) is 4.69. The van der Waals surface area contributed by atoms with Crippen molar-refractivity contribution in [2.75, 3.05) is 0 Å². The second kappa shape index (κ2) is 5.85. The molecule has 0 fully saturated rings. The number of fused-ring (bicyclic) bond motifs is 1.